The van der Waals surface area contributed by atoms with Crippen molar-refractivity contribution in [3.05, 3.63) is 54.0 Å². The van der Waals surface area contributed by atoms with Gasteiger partial charge in [-0.3, -0.25) is 9.59 Å². The van der Waals surface area contributed by atoms with E-state index >= 15 is 0 Å². The van der Waals surface area contributed by atoms with Gasteiger partial charge >= 0.3 is 0 Å². The number of carbonyl (C=O) groups excluding carboxylic acids is 2. The minimum atomic E-state index is -0.0894. The minimum absolute atomic E-state index is 0.0699. The molecule has 0 radical (unpaired) electrons. The Morgan fingerprint density at radius 3 is 2.56 bits per heavy atom. The molecule has 0 aliphatic carbocycles. The summed E-state index contributed by atoms with van der Waals surface area (Å²) in [5, 5.41) is 3.08. The first kappa shape index (κ1) is 17.1. The molecule has 1 aromatic heterocycles. The maximum Gasteiger partial charge on any atom is 0.289 e. The molecule has 2 amide bonds. The molecule has 0 bridgehead atoms. The lowest BCUT2D eigenvalue weighted by atomic mass is 10.0. The summed E-state index contributed by atoms with van der Waals surface area (Å²) < 4.78 is 5.16. The van der Waals surface area contributed by atoms with Crippen molar-refractivity contribution < 1.29 is 14.0 Å². The molecule has 132 valence electrons. The number of piperidine rings is 1. The summed E-state index contributed by atoms with van der Waals surface area (Å²) >= 11 is 0. The third-order valence-corrected chi connectivity index (χ3v) is 4.47. The fourth-order valence-electron chi connectivity index (χ4n) is 2.98. The van der Waals surface area contributed by atoms with Crippen LogP contribution in [0.3, 0.4) is 0 Å². The van der Waals surface area contributed by atoms with Crippen molar-refractivity contribution in [1.29, 1.82) is 0 Å². The second kappa shape index (κ2) is 7.42. The lowest BCUT2D eigenvalue weighted by molar-refractivity contribution is 0.0667. The SMILES string of the molecule is CN(C)c1cccc(C(=O)NC2CCN(C(=O)c3ccco3)CC2)c1. The van der Waals surface area contributed by atoms with Crippen LogP contribution in [0, 0.1) is 0 Å². The van der Waals surface area contributed by atoms with Gasteiger partial charge in [0.05, 0.1) is 6.26 Å². The zero-order valence-electron chi connectivity index (χ0n) is 14.6. The van der Waals surface area contributed by atoms with E-state index < -0.39 is 0 Å². The van der Waals surface area contributed by atoms with E-state index in [4.69, 9.17) is 4.42 Å². The van der Waals surface area contributed by atoms with Gasteiger partial charge in [0.25, 0.3) is 11.8 Å². The highest BCUT2D eigenvalue weighted by molar-refractivity contribution is 5.95. The Bertz CT molecular complexity index is 732. The molecule has 1 aliphatic heterocycles. The van der Waals surface area contributed by atoms with Crippen LogP contribution in [0.5, 0.6) is 0 Å². The van der Waals surface area contributed by atoms with Gasteiger partial charge in [0, 0.05) is 44.5 Å². The van der Waals surface area contributed by atoms with Crippen molar-refractivity contribution in [2.75, 3.05) is 32.1 Å². The summed E-state index contributed by atoms with van der Waals surface area (Å²) in [7, 11) is 3.89. The molecule has 1 fully saturated rings. The quantitative estimate of drug-likeness (QED) is 0.927. The smallest absolute Gasteiger partial charge is 0.289 e. The van der Waals surface area contributed by atoms with Crippen molar-refractivity contribution in [1.82, 2.24) is 10.2 Å². The van der Waals surface area contributed by atoms with Crippen LogP contribution in [0.15, 0.2) is 47.1 Å². The Kier molecular flexibility index (Phi) is 5.07. The number of carbonyl (C=O) groups is 2. The molecule has 2 heterocycles. The van der Waals surface area contributed by atoms with Gasteiger partial charge in [-0.2, -0.15) is 0 Å². The molecule has 1 aliphatic rings. The van der Waals surface area contributed by atoms with E-state index in [0.717, 1.165) is 18.5 Å². The Labute approximate surface area is 147 Å². The van der Waals surface area contributed by atoms with Crippen molar-refractivity contribution in [3.8, 4) is 0 Å². The van der Waals surface area contributed by atoms with Crippen LogP contribution in [-0.4, -0.2) is 49.9 Å². The number of likely N-dealkylation sites (tertiary alicyclic amines) is 1. The molecule has 1 aromatic carbocycles. The van der Waals surface area contributed by atoms with E-state index in [0.29, 0.717) is 24.4 Å². The second-order valence-electron chi connectivity index (χ2n) is 6.46. The Morgan fingerprint density at radius 2 is 1.92 bits per heavy atom. The molecule has 2 aromatic rings. The molecular weight excluding hydrogens is 318 g/mol. The fourth-order valence-corrected chi connectivity index (χ4v) is 2.98. The van der Waals surface area contributed by atoms with E-state index in [1.807, 2.05) is 43.3 Å². The average Bonchev–Trinajstić information content (AvgIpc) is 3.16. The lowest BCUT2D eigenvalue weighted by Crippen LogP contribution is -2.46. The molecule has 6 heteroatoms. The summed E-state index contributed by atoms with van der Waals surface area (Å²) in [6, 6.07) is 11.0. The van der Waals surface area contributed by atoms with Crippen molar-refractivity contribution in [3.63, 3.8) is 0 Å². The van der Waals surface area contributed by atoms with Crippen LogP contribution in [0.2, 0.25) is 0 Å². The van der Waals surface area contributed by atoms with Gasteiger partial charge in [-0.05, 0) is 43.2 Å². The standard InChI is InChI=1S/C19H23N3O3/c1-21(2)16-6-3-5-14(13-16)18(23)20-15-8-10-22(11-9-15)19(24)17-7-4-12-25-17/h3-7,12-13,15H,8-11H2,1-2H3,(H,20,23). The Balaban J connectivity index is 1.54. The van der Waals surface area contributed by atoms with Gasteiger partial charge in [0.15, 0.2) is 5.76 Å². The Morgan fingerprint density at radius 1 is 1.16 bits per heavy atom. The molecule has 25 heavy (non-hydrogen) atoms. The highest BCUT2D eigenvalue weighted by Gasteiger charge is 2.26. The summed E-state index contributed by atoms with van der Waals surface area (Å²) in [5.41, 5.74) is 1.65. The molecular formula is C19H23N3O3. The topological polar surface area (TPSA) is 65.8 Å². The number of nitrogens with zero attached hydrogens (tertiary/aromatic N) is 2. The van der Waals surface area contributed by atoms with Crippen LogP contribution in [0.25, 0.3) is 0 Å². The minimum Gasteiger partial charge on any atom is -0.459 e. The van der Waals surface area contributed by atoms with Gasteiger partial charge < -0.3 is 19.5 Å². The van der Waals surface area contributed by atoms with Crippen LogP contribution >= 0.6 is 0 Å². The summed E-state index contributed by atoms with van der Waals surface area (Å²) in [5.74, 6) is 0.205. The third kappa shape index (κ3) is 4.02. The number of furan rings is 1. The van der Waals surface area contributed by atoms with Crippen molar-refractivity contribution in [2.45, 2.75) is 18.9 Å². The number of anilines is 1. The highest BCUT2D eigenvalue weighted by Crippen LogP contribution is 2.17. The highest BCUT2D eigenvalue weighted by atomic mass is 16.3. The molecule has 3 rings (SSSR count). The largest absolute Gasteiger partial charge is 0.459 e. The first-order valence-corrected chi connectivity index (χ1v) is 8.45. The summed E-state index contributed by atoms with van der Waals surface area (Å²) in [4.78, 5) is 28.5. The maximum atomic E-state index is 12.5. The molecule has 0 unspecified atom stereocenters. The van der Waals surface area contributed by atoms with E-state index in [9.17, 15) is 9.59 Å². The molecule has 0 spiro atoms. The van der Waals surface area contributed by atoms with E-state index in [-0.39, 0.29) is 17.9 Å². The van der Waals surface area contributed by atoms with E-state index in [1.54, 1.807) is 17.0 Å². The second-order valence-corrected chi connectivity index (χ2v) is 6.46. The normalized spacial score (nSPS) is 15.0. The third-order valence-electron chi connectivity index (χ3n) is 4.47. The maximum absolute atomic E-state index is 12.5. The van der Waals surface area contributed by atoms with E-state index in [2.05, 4.69) is 5.32 Å². The van der Waals surface area contributed by atoms with Gasteiger partial charge in [0.2, 0.25) is 0 Å². The molecule has 1 N–H and O–H groups in total. The van der Waals surface area contributed by atoms with Crippen LogP contribution < -0.4 is 10.2 Å². The van der Waals surface area contributed by atoms with E-state index in [1.165, 1.54) is 6.26 Å². The van der Waals surface area contributed by atoms with Crippen molar-refractivity contribution in [2.24, 2.45) is 0 Å². The predicted octanol–water partition coefficient (Wildman–Crippen LogP) is 2.38. The Hall–Kier alpha value is -2.76. The van der Waals surface area contributed by atoms with Gasteiger partial charge in [-0.15, -0.1) is 0 Å². The monoisotopic (exact) mass is 341 g/mol. The number of amides is 2. The number of nitrogens with one attached hydrogen (secondary N) is 1. The molecule has 6 nitrogen and oxygen atoms in total. The number of hydrogen-bond donors (Lipinski definition) is 1. The molecule has 1 saturated heterocycles. The number of rotatable bonds is 4. The zero-order valence-corrected chi connectivity index (χ0v) is 14.6. The van der Waals surface area contributed by atoms with Gasteiger partial charge in [0.1, 0.15) is 0 Å². The summed E-state index contributed by atoms with van der Waals surface area (Å²) in [6.07, 6.45) is 2.99. The zero-order chi connectivity index (χ0) is 17.8. The van der Waals surface area contributed by atoms with Crippen LogP contribution in [-0.2, 0) is 0 Å². The van der Waals surface area contributed by atoms with Crippen LogP contribution in [0.4, 0.5) is 5.69 Å². The first-order valence-electron chi connectivity index (χ1n) is 8.45. The fraction of sp³-hybridized carbons (Fsp3) is 0.368. The van der Waals surface area contributed by atoms with Crippen LogP contribution in [0.1, 0.15) is 33.8 Å². The van der Waals surface area contributed by atoms with Crippen molar-refractivity contribution >= 4 is 17.5 Å². The molecule has 0 atom stereocenters. The predicted molar refractivity (Wildman–Crippen MR) is 95.9 cm³/mol. The van der Waals surface area contributed by atoms with Gasteiger partial charge in [-0.1, -0.05) is 6.07 Å². The first-order chi connectivity index (χ1) is 12.0. The number of hydrogen-bond acceptors (Lipinski definition) is 4. The average molecular weight is 341 g/mol. The van der Waals surface area contributed by atoms with Gasteiger partial charge in [-0.25, -0.2) is 0 Å². The lowest BCUT2D eigenvalue weighted by Gasteiger charge is -2.32. The summed E-state index contributed by atoms with van der Waals surface area (Å²) in [6.45, 7) is 1.23. The number of benzene rings is 1. The molecule has 0 saturated carbocycles.